The zero-order valence-electron chi connectivity index (χ0n) is 12.2. The highest BCUT2D eigenvalue weighted by Gasteiger charge is 2.18. The van der Waals surface area contributed by atoms with Gasteiger partial charge in [0.15, 0.2) is 5.78 Å². The number of hydrogen-bond donors (Lipinski definition) is 2. The molecule has 1 atom stereocenters. The number of benzene rings is 1. The van der Waals surface area contributed by atoms with Crippen molar-refractivity contribution in [3.05, 3.63) is 23.8 Å². The van der Waals surface area contributed by atoms with E-state index < -0.39 is 0 Å². The Kier molecular flexibility index (Phi) is 5.83. The third-order valence-electron chi connectivity index (χ3n) is 3.01. The molecule has 1 aromatic rings. The lowest BCUT2D eigenvalue weighted by atomic mass is 10.0. The number of methoxy groups -OCH3 is 1. The molecule has 0 aliphatic carbocycles. The first-order chi connectivity index (χ1) is 8.99. The topological polar surface area (TPSA) is 64.3 Å². The second-order valence-corrected chi connectivity index (χ2v) is 5.08. The van der Waals surface area contributed by atoms with Crippen molar-refractivity contribution in [3.63, 3.8) is 0 Å². The summed E-state index contributed by atoms with van der Waals surface area (Å²) in [5.41, 5.74) is 6.95. The highest BCUT2D eigenvalue weighted by Crippen LogP contribution is 2.22. The first kappa shape index (κ1) is 15.5. The van der Waals surface area contributed by atoms with Gasteiger partial charge in [0.25, 0.3) is 0 Å². The number of rotatable bonds is 7. The molecule has 0 aliphatic rings. The molecule has 0 amide bonds. The number of nitrogens with two attached hydrogens (primary N) is 1. The Morgan fingerprint density at radius 3 is 2.58 bits per heavy atom. The second-order valence-electron chi connectivity index (χ2n) is 5.08. The van der Waals surface area contributed by atoms with E-state index in [0.717, 1.165) is 13.0 Å². The van der Waals surface area contributed by atoms with E-state index in [1.54, 1.807) is 25.3 Å². The summed E-state index contributed by atoms with van der Waals surface area (Å²) in [7, 11) is 1.56. The number of carbonyl (C=O) groups excluding carboxylic acids is 1. The number of Topliss-reactive ketones (excluding diaryl/α,β-unsaturated/α-hetero) is 1. The highest BCUT2D eigenvalue weighted by molar-refractivity contribution is 6.01. The highest BCUT2D eigenvalue weighted by atomic mass is 16.5. The predicted octanol–water partition coefficient (Wildman–Crippen LogP) is 2.48. The van der Waals surface area contributed by atoms with Crippen molar-refractivity contribution in [3.8, 4) is 5.75 Å². The zero-order chi connectivity index (χ0) is 14.4. The minimum atomic E-state index is -0.157. The van der Waals surface area contributed by atoms with Gasteiger partial charge in [0.05, 0.1) is 18.8 Å². The van der Waals surface area contributed by atoms with Crippen molar-refractivity contribution >= 4 is 11.5 Å². The van der Waals surface area contributed by atoms with Crippen molar-refractivity contribution in [2.24, 2.45) is 5.92 Å². The third kappa shape index (κ3) is 4.24. The van der Waals surface area contributed by atoms with E-state index in [2.05, 4.69) is 19.2 Å². The van der Waals surface area contributed by atoms with Crippen molar-refractivity contribution in [2.45, 2.75) is 33.2 Å². The van der Waals surface area contributed by atoms with Crippen LogP contribution in [0.1, 0.15) is 37.6 Å². The molecule has 0 bridgehead atoms. The van der Waals surface area contributed by atoms with Gasteiger partial charge in [-0.2, -0.15) is 0 Å². The Balaban J connectivity index is 2.82. The van der Waals surface area contributed by atoms with Gasteiger partial charge in [0.2, 0.25) is 0 Å². The standard InChI is InChI=1S/C15H24N2O2/c1-5-13(17-9-10(2)3)15(18)11-6-7-14(19-4)12(16)8-11/h6-8,10,13,17H,5,9,16H2,1-4H3. The average Bonchev–Trinajstić information content (AvgIpc) is 2.38. The molecule has 106 valence electrons. The van der Waals surface area contributed by atoms with Crippen molar-refractivity contribution < 1.29 is 9.53 Å². The molecule has 0 heterocycles. The monoisotopic (exact) mass is 264 g/mol. The molecule has 1 rings (SSSR count). The van der Waals surface area contributed by atoms with Crippen LogP contribution in [0.4, 0.5) is 5.69 Å². The SMILES string of the molecule is CCC(NCC(C)C)C(=O)c1ccc(OC)c(N)c1. The Bertz CT molecular complexity index is 430. The Labute approximate surface area is 115 Å². The molecular formula is C15H24N2O2. The Morgan fingerprint density at radius 2 is 2.11 bits per heavy atom. The summed E-state index contributed by atoms with van der Waals surface area (Å²) in [4.78, 5) is 12.4. The molecule has 1 unspecified atom stereocenters. The van der Waals surface area contributed by atoms with Crippen LogP contribution in [0, 0.1) is 5.92 Å². The van der Waals surface area contributed by atoms with Crippen molar-refractivity contribution in [1.29, 1.82) is 0 Å². The van der Waals surface area contributed by atoms with E-state index in [-0.39, 0.29) is 11.8 Å². The summed E-state index contributed by atoms with van der Waals surface area (Å²) in [5.74, 6) is 1.19. The number of hydrogen-bond acceptors (Lipinski definition) is 4. The maximum atomic E-state index is 12.4. The quantitative estimate of drug-likeness (QED) is 0.586. The summed E-state index contributed by atoms with van der Waals surface area (Å²) >= 11 is 0. The van der Waals surface area contributed by atoms with E-state index in [0.29, 0.717) is 22.9 Å². The summed E-state index contributed by atoms with van der Waals surface area (Å²) < 4.78 is 5.09. The second kappa shape index (κ2) is 7.14. The maximum absolute atomic E-state index is 12.4. The number of carbonyl (C=O) groups is 1. The maximum Gasteiger partial charge on any atom is 0.179 e. The molecule has 0 spiro atoms. The summed E-state index contributed by atoms with van der Waals surface area (Å²) in [6.45, 7) is 7.07. The van der Waals surface area contributed by atoms with Crippen LogP contribution in [0.5, 0.6) is 5.75 Å². The molecule has 0 fully saturated rings. The van der Waals surface area contributed by atoms with Gasteiger partial charge in [0, 0.05) is 5.56 Å². The lowest BCUT2D eigenvalue weighted by molar-refractivity contribution is 0.0939. The van der Waals surface area contributed by atoms with Crippen LogP contribution in [0.2, 0.25) is 0 Å². The van der Waals surface area contributed by atoms with Gasteiger partial charge < -0.3 is 15.8 Å². The zero-order valence-corrected chi connectivity index (χ0v) is 12.2. The third-order valence-corrected chi connectivity index (χ3v) is 3.01. The number of nitrogen functional groups attached to an aromatic ring is 1. The van der Waals surface area contributed by atoms with Crippen LogP contribution < -0.4 is 15.8 Å². The normalized spacial score (nSPS) is 12.5. The smallest absolute Gasteiger partial charge is 0.179 e. The largest absolute Gasteiger partial charge is 0.495 e. The molecule has 0 saturated carbocycles. The van der Waals surface area contributed by atoms with Crippen LogP contribution in [-0.4, -0.2) is 25.5 Å². The van der Waals surface area contributed by atoms with Crippen LogP contribution in [0.25, 0.3) is 0 Å². The van der Waals surface area contributed by atoms with Gasteiger partial charge >= 0.3 is 0 Å². The van der Waals surface area contributed by atoms with Crippen LogP contribution in [0.3, 0.4) is 0 Å². The predicted molar refractivity (Wildman–Crippen MR) is 78.7 cm³/mol. The fraction of sp³-hybridized carbons (Fsp3) is 0.533. The molecule has 4 heteroatoms. The molecular weight excluding hydrogens is 240 g/mol. The van der Waals surface area contributed by atoms with Gasteiger partial charge in [-0.1, -0.05) is 20.8 Å². The minimum Gasteiger partial charge on any atom is -0.495 e. The molecule has 0 radical (unpaired) electrons. The van der Waals surface area contributed by atoms with Crippen LogP contribution >= 0.6 is 0 Å². The number of ether oxygens (including phenoxy) is 1. The van der Waals surface area contributed by atoms with Gasteiger partial charge in [-0.15, -0.1) is 0 Å². The molecule has 0 saturated heterocycles. The van der Waals surface area contributed by atoms with Crippen molar-refractivity contribution in [2.75, 3.05) is 19.4 Å². The van der Waals surface area contributed by atoms with E-state index in [9.17, 15) is 4.79 Å². The van der Waals surface area contributed by atoms with Crippen molar-refractivity contribution in [1.82, 2.24) is 5.32 Å². The fourth-order valence-corrected chi connectivity index (χ4v) is 1.89. The van der Waals surface area contributed by atoms with Gasteiger partial charge in [-0.25, -0.2) is 0 Å². The van der Waals surface area contributed by atoms with E-state index in [4.69, 9.17) is 10.5 Å². The Hall–Kier alpha value is -1.55. The summed E-state index contributed by atoms with van der Waals surface area (Å²) in [5, 5.41) is 3.29. The van der Waals surface area contributed by atoms with Gasteiger partial charge in [0.1, 0.15) is 5.75 Å². The van der Waals surface area contributed by atoms with Gasteiger partial charge in [-0.05, 0) is 37.1 Å². The van der Waals surface area contributed by atoms with Gasteiger partial charge in [-0.3, -0.25) is 4.79 Å². The summed E-state index contributed by atoms with van der Waals surface area (Å²) in [6, 6.07) is 5.02. The Morgan fingerprint density at radius 1 is 1.42 bits per heavy atom. The lowest BCUT2D eigenvalue weighted by Gasteiger charge is -2.18. The lowest BCUT2D eigenvalue weighted by Crippen LogP contribution is -2.38. The molecule has 1 aromatic carbocycles. The molecule has 19 heavy (non-hydrogen) atoms. The number of anilines is 1. The summed E-state index contributed by atoms with van der Waals surface area (Å²) in [6.07, 6.45) is 0.761. The first-order valence-electron chi connectivity index (χ1n) is 6.70. The molecule has 3 N–H and O–H groups in total. The number of ketones is 1. The molecule has 4 nitrogen and oxygen atoms in total. The first-order valence-corrected chi connectivity index (χ1v) is 6.70. The molecule has 0 aromatic heterocycles. The number of nitrogens with one attached hydrogen (secondary N) is 1. The van der Waals surface area contributed by atoms with E-state index in [1.807, 2.05) is 6.92 Å². The minimum absolute atomic E-state index is 0.0810. The van der Waals surface area contributed by atoms with Crippen LogP contribution in [-0.2, 0) is 0 Å². The van der Waals surface area contributed by atoms with E-state index >= 15 is 0 Å². The molecule has 0 aliphatic heterocycles. The average molecular weight is 264 g/mol. The van der Waals surface area contributed by atoms with Crippen LogP contribution in [0.15, 0.2) is 18.2 Å². The fourth-order valence-electron chi connectivity index (χ4n) is 1.89. The van der Waals surface area contributed by atoms with E-state index in [1.165, 1.54) is 0 Å².